The molecule has 1 aromatic carbocycles. The second kappa shape index (κ2) is 10.8. The fraction of sp³-hybridized carbons (Fsp3) is 0.542. The van der Waals surface area contributed by atoms with Crippen molar-refractivity contribution in [2.45, 2.75) is 32.1 Å². The number of anilines is 3. The molecule has 176 valence electrons. The number of H-pyrrole nitrogens is 1. The molecule has 0 radical (unpaired) electrons. The van der Waals surface area contributed by atoms with Gasteiger partial charge in [0.25, 0.3) is 0 Å². The maximum absolute atomic E-state index is 6.16. The number of benzene rings is 1. The standard InChI is InChI=1S/C24H34N8O/c1-2-11-32(10-1)12-3-13-33-22-15-19(14-21-20(22)17-28-31-21)29-24-26-9-6-23(30-24)27-16-18-4-7-25-8-5-18/h6,9,14-15,17-18,25H,1-5,7-8,10-13,16H2,(H,28,31)(H2,26,27,29,30). The summed E-state index contributed by atoms with van der Waals surface area (Å²) in [5.41, 5.74) is 1.80. The quantitative estimate of drug-likeness (QED) is 0.349. The van der Waals surface area contributed by atoms with Crippen molar-refractivity contribution in [1.29, 1.82) is 0 Å². The minimum Gasteiger partial charge on any atom is -0.493 e. The van der Waals surface area contributed by atoms with Gasteiger partial charge in [0.1, 0.15) is 11.6 Å². The zero-order valence-corrected chi connectivity index (χ0v) is 19.1. The van der Waals surface area contributed by atoms with E-state index < -0.39 is 0 Å². The van der Waals surface area contributed by atoms with E-state index >= 15 is 0 Å². The van der Waals surface area contributed by atoms with Gasteiger partial charge in [0.15, 0.2) is 0 Å². The molecule has 2 saturated heterocycles. The first-order valence-electron chi connectivity index (χ1n) is 12.2. The van der Waals surface area contributed by atoms with E-state index in [0.717, 1.165) is 60.8 Å². The fourth-order valence-corrected chi connectivity index (χ4v) is 4.67. The van der Waals surface area contributed by atoms with Gasteiger partial charge in [0.05, 0.1) is 23.7 Å². The van der Waals surface area contributed by atoms with Gasteiger partial charge in [-0.2, -0.15) is 10.1 Å². The van der Waals surface area contributed by atoms with Crippen LogP contribution in [0.15, 0.2) is 30.6 Å². The SMILES string of the molecule is c1cc(NCC2CCNCC2)nc(Nc2cc(OCCCN3CCCC3)c3cn[nH]c3c2)n1. The summed E-state index contributed by atoms with van der Waals surface area (Å²) in [6.45, 7) is 7.36. The Balaban J connectivity index is 1.21. The van der Waals surface area contributed by atoms with Gasteiger partial charge in [-0.05, 0) is 76.3 Å². The highest BCUT2D eigenvalue weighted by atomic mass is 16.5. The summed E-state index contributed by atoms with van der Waals surface area (Å²) >= 11 is 0. The molecule has 0 spiro atoms. The third-order valence-corrected chi connectivity index (χ3v) is 6.54. The number of likely N-dealkylation sites (tertiary alicyclic amines) is 1. The molecule has 3 aromatic rings. The molecule has 0 amide bonds. The van der Waals surface area contributed by atoms with Crippen molar-refractivity contribution in [3.8, 4) is 5.75 Å². The Morgan fingerprint density at radius 2 is 2.03 bits per heavy atom. The van der Waals surface area contributed by atoms with Crippen LogP contribution in [0.1, 0.15) is 32.1 Å². The van der Waals surface area contributed by atoms with Crippen LogP contribution < -0.4 is 20.7 Å². The van der Waals surface area contributed by atoms with Crippen molar-refractivity contribution in [3.63, 3.8) is 0 Å². The number of fused-ring (bicyclic) bond motifs is 1. The predicted octanol–water partition coefficient (Wildman–Crippen LogP) is 3.37. The van der Waals surface area contributed by atoms with Crippen LogP contribution in [0.25, 0.3) is 10.9 Å². The van der Waals surface area contributed by atoms with E-state index in [1.165, 1.54) is 38.8 Å². The van der Waals surface area contributed by atoms with Gasteiger partial charge in [0.2, 0.25) is 5.95 Å². The van der Waals surface area contributed by atoms with Crippen LogP contribution in [0.3, 0.4) is 0 Å². The second-order valence-electron chi connectivity index (χ2n) is 9.02. The molecule has 4 heterocycles. The lowest BCUT2D eigenvalue weighted by Crippen LogP contribution is -2.31. The second-order valence-corrected chi connectivity index (χ2v) is 9.02. The van der Waals surface area contributed by atoms with Crippen LogP contribution in [0.5, 0.6) is 5.75 Å². The van der Waals surface area contributed by atoms with Gasteiger partial charge in [-0.3, -0.25) is 5.10 Å². The molecule has 0 saturated carbocycles. The number of hydrogen-bond acceptors (Lipinski definition) is 8. The molecule has 2 aromatic heterocycles. The van der Waals surface area contributed by atoms with Gasteiger partial charge in [-0.25, -0.2) is 4.98 Å². The third kappa shape index (κ3) is 5.91. The average molecular weight is 451 g/mol. The molecule has 2 fully saturated rings. The molecule has 2 aliphatic heterocycles. The van der Waals surface area contributed by atoms with Crippen LogP contribution in [0, 0.1) is 5.92 Å². The van der Waals surface area contributed by atoms with E-state index in [9.17, 15) is 0 Å². The zero-order valence-electron chi connectivity index (χ0n) is 19.1. The molecule has 4 N–H and O–H groups in total. The summed E-state index contributed by atoms with van der Waals surface area (Å²) in [6, 6.07) is 5.93. The first-order chi connectivity index (χ1) is 16.3. The first kappa shape index (κ1) is 21.9. The van der Waals surface area contributed by atoms with Crippen molar-refractivity contribution in [1.82, 2.24) is 30.4 Å². The Hall–Kier alpha value is -2.91. The van der Waals surface area contributed by atoms with E-state index in [2.05, 4.69) is 41.0 Å². The number of aromatic amines is 1. The average Bonchev–Trinajstić information content (AvgIpc) is 3.54. The number of nitrogens with zero attached hydrogens (tertiary/aromatic N) is 4. The van der Waals surface area contributed by atoms with Crippen LogP contribution >= 0.6 is 0 Å². The van der Waals surface area contributed by atoms with Crippen molar-refractivity contribution < 1.29 is 4.74 Å². The Bertz CT molecular complexity index is 1030. The fourth-order valence-electron chi connectivity index (χ4n) is 4.67. The number of hydrogen-bond donors (Lipinski definition) is 4. The lowest BCUT2D eigenvalue weighted by atomic mass is 9.98. The molecular weight excluding hydrogens is 416 g/mol. The number of rotatable bonds is 10. The minimum absolute atomic E-state index is 0.559. The summed E-state index contributed by atoms with van der Waals surface area (Å²) in [4.78, 5) is 11.6. The Kier molecular flexibility index (Phi) is 7.17. The molecule has 0 bridgehead atoms. The smallest absolute Gasteiger partial charge is 0.229 e. The molecule has 0 aliphatic carbocycles. The van der Waals surface area contributed by atoms with E-state index in [1.54, 1.807) is 6.20 Å². The molecule has 9 nitrogen and oxygen atoms in total. The van der Waals surface area contributed by atoms with Crippen molar-refractivity contribution in [2.75, 3.05) is 56.5 Å². The summed E-state index contributed by atoms with van der Waals surface area (Å²) in [5, 5.41) is 18.4. The largest absolute Gasteiger partial charge is 0.493 e. The number of aromatic nitrogens is 4. The monoisotopic (exact) mass is 450 g/mol. The number of piperidine rings is 1. The Morgan fingerprint density at radius 1 is 1.15 bits per heavy atom. The first-order valence-corrected chi connectivity index (χ1v) is 12.2. The lowest BCUT2D eigenvalue weighted by Gasteiger charge is -2.23. The highest BCUT2D eigenvalue weighted by Crippen LogP contribution is 2.30. The molecular formula is C24H34N8O. The van der Waals surface area contributed by atoms with Gasteiger partial charge in [-0.15, -0.1) is 0 Å². The molecule has 0 unspecified atom stereocenters. The summed E-state index contributed by atoms with van der Waals surface area (Å²) < 4.78 is 6.16. The van der Waals surface area contributed by atoms with Gasteiger partial charge in [0, 0.05) is 31.0 Å². The van der Waals surface area contributed by atoms with Crippen LogP contribution in [-0.4, -0.2) is 70.9 Å². The zero-order chi connectivity index (χ0) is 22.3. The van der Waals surface area contributed by atoms with Gasteiger partial charge < -0.3 is 25.6 Å². The Labute approximate surface area is 194 Å². The molecule has 0 atom stereocenters. The lowest BCUT2D eigenvalue weighted by molar-refractivity contribution is 0.265. The van der Waals surface area contributed by atoms with E-state index in [-0.39, 0.29) is 0 Å². The van der Waals surface area contributed by atoms with Crippen LogP contribution in [0.2, 0.25) is 0 Å². The molecule has 9 heteroatoms. The number of ether oxygens (including phenoxy) is 1. The van der Waals surface area contributed by atoms with E-state index in [0.29, 0.717) is 18.5 Å². The maximum Gasteiger partial charge on any atom is 0.229 e. The van der Waals surface area contributed by atoms with Crippen molar-refractivity contribution >= 4 is 28.4 Å². The summed E-state index contributed by atoms with van der Waals surface area (Å²) in [5.74, 6) is 2.91. The topological polar surface area (TPSA) is 103 Å². The predicted molar refractivity (Wildman–Crippen MR) is 131 cm³/mol. The highest BCUT2D eigenvalue weighted by Gasteiger charge is 2.14. The molecule has 33 heavy (non-hydrogen) atoms. The Morgan fingerprint density at radius 3 is 2.91 bits per heavy atom. The van der Waals surface area contributed by atoms with Crippen LogP contribution in [-0.2, 0) is 0 Å². The normalized spacial score (nSPS) is 17.5. The van der Waals surface area contributed by atoms with E-state index in [1.807, 2.05) is 24.4 Å². The highest BCUT2D eigenvalue weighted by molar-refractivity contribution is 5.88. The van der Waals surface area contributed by atoms with Crippen LogP contribution in [0.4, 0.5) is 17.5 Å². The van der Waals surface area contributed by atoms with Gasteiger partial charge >= 0.3 is 0 Å². The third-order valence-electron chi connectivity index (χ3n) is 6.54. The molecule has 5 rings (SSSR count). The number of nitrogens with one attached hydrogen (secondary N) is 4. The minimum atomic E-state index is 0.559. The maximum atomic E-state index is 6.16. The summed E-state index contributed by atoms with van der Waals surface area (Å²) in [6.07, 6.45) is 9.66. The van der Waals surface area contributed by atoms with E-state index in [4.69, 9.17) is 4.74 Å². The molecule has 2 aliphatic rings. The summed E-state index contributed by atoms with van der Waals surface area (Å²) in [7, 11) is 0. The van der Waals surface area contributed by atoms with Gasteiger partial charge in [-0.1, -0.05) is 0 Å². The van der Waals surface area contributed by atoms with Crippen molar-refractivity contribution in [3.05, 3.63) is 30.6 Å². The van der Waals surface area contributed by atoms with Crippen molar-refractivity contribution in [2.24, 2.45) is 5.92 Å².